The fourth-order valence-corrected chi connectivity index (χ4v) is 2.23. The molecule has 0 aromatic heterocycles. The molecule has 1 amide bonds. The van der Waals surface area contributed by atoms with Crippen molar-refractivity contribution in [3.8, 4) is 11.5 Å². The van der Waals surface area contributed by atoms with E-state index in [2.05, 4.69) is 5.32 Å². The van der Waals surface area contributed by atoms with Gasteiger partial charge in [-0.1, -0.05) is 30.3 Å². The number of rotatable bonds is 7. The van der Waals surface area contributed by atoms with Gasteiger partial charge in [-0.05, 0) is 43.2 Å². The Morgan fingerprint density at radius 1 is 1.13 bits per heavy atom. The van der Waals surface area contributed by atoms with Crippen LogP contribution in [0.5, 0.6) is 11.5 Å². The summed E-state index contributed by atoms with van der Waals surface area (Å²) in [5.41, 5.74) is 2.04. The molecule has 2 aromatic rings. The number of nitrogens with one attached hydrogen (secondary N) is 1. The normalized spacial score (nSPS) is 11.6. The quantitative estimate of drug-likeness (QED) is 0.854. The molecular formula is C19H23NO3. The summed E-state index contributed by atoms with van der Waals surface area (Å²) in [7, 11) is 1.62. The highest BCUT2D eigenvalue weighted by atomic mass is 16.5. The summed E-state index contributed by atoms with van der Waals surface area (Å²) in [6.45, 7) is 4.38. The zero-order valence-electron chi connectivity index (χ0n) is 13.8. The molecule has 2 aromatic carbocycles. The molecule has 122 valence electrons. The van der Waals surface area contributed by atoms with Crippen LogP contribution in [0.2, 0.25) is 0 Å². The number of hydrogen-bond acceptors (Lipinski definition) is 3. The van der Waals surface area contributed by atoms with Crippen LogP contribution in [-0.4, -0.2) is 25.7 Å². The number of aryl methyl sites for hydroxylation is 1. The van der Waals surface area contributed by atoms with Crippen molar-refractivity contribution >= 4 is 5.91 Å². The van der Waals surface area contributed by atoms with E-state index in [0.29, 0.717) is 13.0 Å². The van der Waals surface area contributed by atoms with Crippen molar-refractivity contribution in [2.24, 2.45) is 0 Å². The molecule has 2 rings (SSSR count). The number of benzene rings is 2. The number of para-hydroxylation sites is 1. The van der Waals surface area contributed by atoms with Gasteiger partial charge in [0, 0.05) is 0 Å². The molecule has 0 aliphatic carbocycles. The van der Waals surface area contributed by atoms with Crippen LogP contribution in [0.15, 0.2) is 48.5 Å². The molecule has 1 unspecified atom stereocenters. The summed E-state index contributed by atoms with van der Waals surface area (Å²) in [4.78, 5) is 12.1. The summed E-state index contributed by atoms with van der Waals surface area (Å²) in [6.07, 6.45) is 0.346. The predicted molar refractivity (Wildman–Crippen MR) is 91.0 cm³/mol. The van der Waals surface area contributed by atoms with Gasteiger partial charge in [-0.25, -0.2) is 0 Å². The van der Waals surface area contributed by atoms with Gasteiger partial charge in [0.05, 0.1) is 19.6 Å². The van der Waals surface area contributed by atoms with Crippen molar-refractivity contribution in [2.45, 2.75) is 26.3 Å². The van der Waals surface area contributed by atoms with Crippen molar-refractivity contribution < 1.29 is 14.3 Å². The summed E-state index contributed by atoms with van der Waals surface area (Å²) in [5, 5.41) is 2.95. The maximum absolute atomic E-state index is 12.1. The van der Waals surface area contributed by atoms with Gasteiger partial charge < -0.3 is 14.8 Å². The van der Waals surface area contributed by atoms with E-state index in [1.807, 2.05) is 62.4 Å². The van der Waals surface area contributed by atoms with Crippen molar-refractivity contribution in [1.29, 1.82) is 0 Å². The minimum atomic E-state index is -0.0552. The zero-order chi connectivity index (χ0) is 16.7. The van der Waals surface area contributed by atoms with Gasteiger partial charge >= 0.3 is 0 Å². The lowest BCUT2D eigenvalue weighted by Crippen LogP contribution is -2.37. The lowest BCUT2D eigenvalue weighted by atomic mass is 10.1. The SMILES string of the molecule is COc1ccc(CC(=O)NC(C)COc2ccccc2C)cc1. The largest absolute Gasteiger partial charge is 0.497 e. The third kappa shape index (κ3) is 5.33. The van der Waals surface area contributed by atoms with Crippen LogP contribution < -0.4 is 14.8 Å². The fourth-order valence-electron chi connectivity index (χ4n) is 2.23. The van der Waals surface area contributed by atoms with E-state index in [0.717, 1.165) is 22.6 Å². The Kier molecular flexibility index (Phi) is 6.03. The molecule has 0 saturated carbocycles. The van der Waals surface area contributed by atoms with Crippen LogP contribution in [0.1, 0.15) is 18.1 Å². The Labute approximate surface area is 137 Å². The maximum Gasteiger partial charge on any atom is 0.224 e. The summed E-state index contributed by atoms with van der Waals surface area (Å²) in [5.74, 6) is 1.62. The van der Waals surface area contributed by atoms with E-state index in [-0.39, 0.29) is 11.9 Å². The Morgan fingerprint density at radius 3 is 2.48 bits per heavy atom. The van der Waals surface area contributed by atoms with E-state index in [9.17, 15) is 4.79 Å². The second kappa shape index (κ2) is 8.22. The lowest BCUT2D eigenvalue weighted by Gasteiger charge is -2.16. The summed E-state index contributed by atoms with van der Waals surface area (Å²) < 4.78 is 10.9. The van der Waals surface area contributed by atoms with Crippen LogP contribution in [0.4, 0.5) is 0 Å². The number of amides is 1. The molecule has 0 bridgehead atoms. The fraction of sp³-hybridized carbons (Fsp3) is 0.316. The van der Waals surface area contributed by atoms with Crippen molar-refractivity contribution in [3.05, 3.63) is 59.7 Å². The predicted octanol–water partition coefficient (Wildman–Crippen LogP) is 3.13. The molecular weight excluding hydrogens is 290 g/mol. The van der Waals surface area contributed by atoms with E-state index < -0.39 is 0 Å². The third-order valence-corrected chi connectivity index (χ3v) is 3.51. The van der Waals surface area contributed by atoms with Crippen molar-refractivity contribution in [3.63, 3.8) is 0 Å². The standard InChI is InChI=1S/C19H23NO3/c1-14-6-4-5-7-18(14)23-13-15(2)20-19(21)12-16-8-10-17(22-3)11-9-16/h4-11,15H,12-13H2,1-3H3,(H,20,21). The molecule has 23 heavy (non-hydrogen) atoms. The first-order valence-electron chi connectivity index (χ1n) is 7.69. The minimum absolute atomic E-state index is 0.0175. The van der Waals surface area contributed by atoms with Crippen LogP contribution in [-0.2, 0) is 11.2 Å². The first-order valence-corrected chi connectivity index (χ1v) is 7.69. The van der Waals surface area contributed by atoms with E-state index in [1.165, 1.54) is 0 Å². The van der Waals surface area contributed by atoms with Crippen molar-refractivity contribution in [1.82, 2.24) is 5.32 Å². The molecule has 0 saturated heterocycles. The molecule has 4 nitrogen and oxygen atoms in total. The molecule has 1 N–H and O–H groups in total. The van der Waals surface area contributed by atoms with Gasteiger partial charge in [-0.3, -0.25) is 4.79 Å². The Hall–Kier alpha value is -2.49. The number of ether oxygens (including phenoxy) is 2. The van der Waals surface area contributed by atoms with Crippen molar-refractivity contribution in [2.75, 3.05) is 13.7 Å². The smallest absolute Gasteiger partial charge is 0.224 e. The molecule has 0 aliphatic heterocycles. The van der Waals surface area contributed by atoms with Crippen LogP contribution in [0.3, 0.4) is 0 Å². The van der Waals surface area contributed by atoms with Gasteiger partial charge in [0.2, 0.25) is 5.91 Å². The molecule has 0 aliphatic rings. The average Bonchev–Trinajstić information content (AvgIpc) is 2.54. The monoisotopic (exact) mass is 313 g/mol. The Balaban J connectivity index is 1.79. The molecule has 0 fully saturated rings. The van der Waals surface area contributed by atoms with Crippen LogP contribution in [0, 0.1) is 6.92 Å². The van der Waals surface area contributed by atoms with Gasteiger partial charge in [-0.15, -0.1) is 0 Å². The molecule has 0 spiro atoms. The zero-order valence-corrected chi connectivity index (χ0v) is 13.8. The first kappa shape index (κ1) is 16.9. The van der Waals surface area contributed by atoms with E-state index in [1.54, 1.807) is 7.11 Å². The average molecular weight is 313 g/mol. The molecule has 1 atom stereocenters. The Bertz CT molecular complexity index is 637. The molecule has 0 radical (unpaired) electrons. The molecule has 4 heteroatoms. The summed E-state index contributed by atoms with van der Waals surface area (Å²) in [6, 6.07) is 15.3. The second-order valence-corrected chi connectivity index (χ2v) is 5.57. The minimum Gasteiger partial charge on any atom is -0.497 e. The summed E-state index contributed by atoms with van der Waals surface area (Å²) >= 11 is 0. The highest BCUT2D eigenvalue weighted by Gasteiger charge is 2.09. The highest BCUT2D eigenvalue weighted by molar-refractivity contribution is 5.78. The third-order valence-electron chi connectivity index (χ3n) is 3.51. The maximum atomic E-state index is 12.1. The number of methoxy groups -OCH3 is 1. The number of hydrogen-bond donors (Lipinski definition) is 1. The first-order chi connectivity index (χ1) is 11.1. The highest BCUT2D eigenvalue weighted by Crippen LogP contribution is 2.16. The molecule has 0 heterocycles. The van der Waals surface area contributed by atoms with Gasteiger partial charge in [0.15, 0.2) is 0 Å². The van der Waals surface area contributed by atoms with Crippen LogP contribution >= 0.6 is 0 Å². The van der Waals surface area contributed by atoms with Gasteiger partial charge in [0.25, 0.3) is 0 Å². The lowest BCUT2D eigenvalue weighted by molar-refractivity contribution is -0.121. The van der Waals surface area contributed by atoms with Gasteiger partial charge in [-0.2, -0.15) is 0 Å². The topological polar surface area (TPSA) is 47.6 Å². The number of carbonyl (C=O) groups is 1. The second-order valence-electron chi connectivity index (χ2n) is 5.57. The van der Waals surface area contributed by atoms with E-state index >= 15 is 0 Å². The van der Waals surface area contributed by atoms with Crippen LogP contribution in [0.25, 0.3) is 0 Å². The Morgan fingerprint density at radius 2 is 1.83 bits per heavy atom. The van der Waals surface area contributed by atoms with E-state index in [4.69, 9.17) is 9.47 Å². The van der Waals surface area contributed by atoms with Gasteiger partial charge in [0.1, 0.15) is 18.1 Å². The number of carbonyl (C=O) groups excluding carboxylic acids is 1.